The third-order valence-corrected chi connectivity index (χ3v) is 19.4. The minimum Gasteiger partial charge on any atom is -0.491 e. The number of anilines is 9. The van der Waals surface area contributed by atoms with Gasteiger partial charge in [-0.1, -0.05) is 26.3 Å². The molecule has 115 heavy (non-hydrogen) atoms. The maximum absolute atomic E-state index is 12.9. The molecule has 9 aromatic rings. The van der Waals surface area contributed by atoms with Crippen LogP contribution in [0, 0.1) is 0 Å². The van der Waals surface area contributed by atoms with Crippen molar-refractivity contribution in [3.05, 3.63) is 251 Å². The first-order valence-corrected chi connectivity index (χ1v) is 37.0. The molecule has 7 aliphatic heterocycles. The average molecular weight is 1610 g/mol. The highest BCUT2D eigenvalue weighted by atomic mass is 32.1. The van der Waals surface area contributed by atoms with Crippen LogP contribution in [0.2, 0.25) is 0 Å². The van der Waals surface area contributed by atoms with Crippen molar-refractivity contribution in [1.82, 2.24) is 44.5 Å². The molecule has 7 aliphatic rings. The molecule has 3 fully saturated rings. The number of aromatic nitrogens is 5. The van der Waals surface area contributed by atoms with Gasteiger partial charge in [-0.05, 0) is 204 Å². The lowest BCUT2D eigenvalue weighted by atomic mass is 10.1. The first-order chi connectivity index (χ1) is 54.8. The van der Waals surface area contributed by atoms with Crippen LogP contribution in [-0.4, -0.2) is 166 Å². The smallest absolute Gasteiger partial charge is 0.491 e. The molecule has 4 amide bonds. The first kappa shape index (κ1) is 80.2. The summed E-state index contributed by atoms with van der Waals surface area (Å²) in [5.41, 5.74) is 10.5. The van der Waals surface area contributed by atoms with E-state index in [1.54, 1.807) is 62.2 Å². The number of morpholine rings is 1. The number of likely N-dealkylation sites (N-methyl/N-ethyl adjacent to an activating group) is 1. The van der Waals surface area contributed by atoms with E-state index in [9.17, 15) is 58.7 Å². The van der Waals surface area contributed by atoms with Gasteiger partial charge in [0.15, 0.2) is 5.13 Å². The Hall–Kier alpha value is -12.9. The van der Waals surface area contributed by atoms with Gasteiger partial charge in [-0.25, -0.2) is 4.98 Å². The Kier molecular flexibility index (Phi) is 23.6. The van der Waals surface area contributed by atoms with Crippen LogP contribution in [0.5, 0.6) is 23.0 Å². The average Bonchev–Trinajstić information content (AvgIpc) is 1.65. The van der Waals surface area contributed by atoms with Gasteiger partial charge in [-0.15, -0.1) is 50.9 Å². The number of nitrogens with one attached hydrogen (secondary N) is 5. The number of amides is 4. The monoisotopic (exact) mass is 1600 g/mol. The number of aromatic amines is 4. The van der Waals surface area contributed by atoms with Crippen LogP contribution in [0.15, 0.2) is 206 Å². The van der Waals surface area contributed by atoms with Crippen LogP contribution in [0.4, 0.5) is 90.7 Å². The van der Waals surface area contributed by atoms with Gasteiger partial charge in [-0.3, -0.25) is 44.1 Å². The van der Waals surface area contributed by atoms with Crippen molar-refractivity contribution >= 4 is 110 Å². The number of hydrogen-bond acceptors (Lipinski definition) is 16. The van der Waals surface area contributed by atoms with Crippen LogP contribution in [0.25, 0.3) is 24.3 Å². The fourth-order valence-electron chi connectivity index (χ4n) is 13.3. The standard InChI is InChI=1S/C21H21F3N4O2.C21H20N4O2S.C20H18F3N3O3.C20H18F3N3O2/c1-14-3-4-15-13-18(20(29)27-11-9-26(2)10-12-27)25-19(15)28(14)16-5-7-17(8-6-16)30-21(22,23)24;1-13(2)27-17-8-6-16(7-9-17)25-14(3)4-5-15-12-18(23-19(15)25)20(26)24-21-22-10-11-28-21;1-13-2-3-14-12-17(19(27)25-8-10-28-11-9-25)24-18(14)26(13)15-4-6-16(7-5-15)29-20(21,22)23;1-13-4-5-14-12-17(19(27)25-10-2-3-11-25)24-18(14)26(13)15-6-8-16(9-7-15)28-20(21,22)23/h3-8,13,25H,1,9-12H2,2H3;4-13,23H,3H2,1-2H3,(H,22,24,26);2-7,12,24H,1,8-11H2;4-9,12,24H,1-3,10-11H2. The first-order valence-electron chi connectivity index (χ1n) is 36.2. The van der Waals surface area contributed by atoms with Gasteiger partial charge in [0.1, 0.15) is 69.0 Å². The molecule has 0 atom stereocenters. The van der Waals surface area contributed by atoms with Crippen LogP contribution in [0.3, 0.4) is 0 Å². The van der Waals surface area contributed by atoms with Crippen molar-refractivity contribution in [2.45, 2.75) is 51.9 Å². The zero-order valence-electron chi connectivity index (χ0n) is 62.2. The minimum atomic E-state index is -4.75. The molecular weight excluding hydrogens is 1530 g/mol. The van der Waals surface area contributed by atoms with Crippen LogP contribution in [0.1, 0.15) is 90.9 Å². The summed E-state index contributed by atoms with van der Waals surface area (Å²) in [6.07, 6.45) is 4.32. The second kappa shape index (κ2) is 33.8. The number of allylic oxidation sites excluding steroid dienone is 4. The molecule has 3 saturated heterocycles. The SMILES string of the molecule is C=C1C=Cc2cc(C(=O)N3CCCC3)[nH]c2N1c1ccc(OC(F)(F)F)cc1.C=C1C=Cc2cc(C(=O)N3CCN(C)CC3)[nH]c2N1c1ccc(OC(F)(F)F)cc1.C=C1C=Cc2cc(C(=O)N3CCOCC3)[nH]c2N1c1ccc(OC(F)(F)F)cc1.C=C1C=Cc2cc(C(=O)Nc3nccs3)[nH]c2N1c1ccc(OC(C)C)cc1. The van der Waals surface area contributed by atoms with Crippen LogP contribution < -0.4 is 43.9 Å². The minimum absolute atomic E-state index is 0.0558. The van der Waals surface area contributed by atoms with Crippen molar-refractivity contribution in [2.24, 2.45) is 0 Å². The molecule has 33 heteroatoms. The normalized spacial score (nSPS) is 15.9. The van der Waals surface area contributed by atoms with Gasteiger partial charge in [0.05, 0.1) is 19.3 Å². The highest BCUT2D eigenvalue weighted by Crippen LogP contribution is 2.43. The van der Waals surface area contributed by atoms with Gasteiger partial charge in [0.25, 0.3) is 23.6 Å². The summed E-state index contributed by atoms with van der Waals surface area (Å²) < 4.78 is 134. The molecule has 0 spiro atoms. The summed E-state index contributed by atoms with van der Waals surface area (Å²) in [4.78, 5) is 82.4. The van der Waals surface area contributed by atoms with E-state index in [1.807, 2.05) is 102 Å². The third-order valence-electron chi connectivity index (χ3n) is 18.7. The molecule has 12 heterocycles. The fourth-order valence-corrected chi connectivity index (χ4v) is 13.9. The van der Waals surface area contributed by atoms with E-state index in [0.717, 1.165) is 84.2 Å². The van der Waals surface area contributed by atoms with Crippen molar-refractivity contribution in [2.75, 3.05) is 97.5 Å². The maximum Gasteiger partial charge on any atom is 0.573 e. The molecule has 0 radical (unpaired) electrons. The molecule has 23 nitrogen and oxygen atoms in total. The van der Waals surface area contributed by atoms with E-state index in [1.165, 1.54) is 84.1 Å². The molecule has 5 aromatic heterocycles. The Morgan fingerprint density at radius 3 is 1.08 bits per heavy atom. The maximum atomic E-state index is 12.9. The summed E-state index contributed by atoms with van der Waals surface area (Å²) in [6.45, 7) is 26.6. The molecule has 0 aliphatic carbocycles. The second-order valence-corrected chi connectivity index (χ2v) is 28.1. The lowest BCUT2D eigenvalue weighted by Gasteiger charge is -2.32. The summed E-state index contributed by atoms with van der Waals surface area (Å²) in [5, 5.41) is 5.18. The van der Waals surface area contributed by atoms with E-state index < -0.39 is 19.1 Å². The Morgan fingerprint density at radius 1 is 0.443 bits per heavy atom. The van der Waals surface area contributed by atoms with Crippen LogP contribution in [-0.2, 0) is 4.74 Å². The topological polar surface area (TPSA) is 228 Å². The Morgan fingerprint density at radius 2 is 0.757 bits per heavy atom. The summed E-state index contributed by atoms with van der Waals surface area (Å²) in [5.74, 6) is 2.12. The number of piperazine rings is 1. The Bertz CT molecular complexity index is 5210. The summed E-state index contributed by atoms with van der Waals surface area (Å²) in [7, 11) is 2.02. The quantitative estimate of drug-likeness (QED) is 0.0638. The number of rotatable bonds is 14. The van der Waals surface area contributed by atoms with Crippen molar-refractivity contribution in [3.63, 3.8) is 0 Å². The lowest BCUT2D eigenvalue weighted by Crippen LogP contribution is -2.47. The number of thiazole rings is 1. The van der Waals surface area contributed by atoms with E-state index in [4.69, 9.17) is 9.47 Å². The number of carbonyl (C=O) groups is 4. The highest BCUT2D eigenvalue weighted by Gasteiger charge is 2.36. The molecule has 0 unspecified atom stereocenters. The molecule has 16 rings (SSSR count). The van der Waals surface area contributed by atoms with E-state index in [0.29, 0.717) is 119 Å². The largest absolute Gasteiger partial charge is 0.573 e. The predicted octanol–water partition coefficient (Wildman–Crippen LogP) is 18.1. The number of carbonyl (C=O) groups excluding carboxylic acids is 4. The number of alkyl halides is 9. The van der Waals surface area contributed by atoms with Gasteiger partial charge in [0.2, 0.25) is 0 Å². The fraction of sp³-hybridized carbons (Fsp3) is 0.232. The number of ether oxygens (including phenoxy) is 5. The number of H-pyrrole nitrogens is 4. The summed E-state index contributed by atoms with van der Waals surface area (Å²) in [6, 6.07) is 31.4. The van der Waals surface area contributed by atoms with E-state index in [-0.39, 0.29) is 47.0 Å². The molecule has 5 N–H and O–H groups in total. The van der Waals surface area contributed by atoms with Gasteiger partial charge >= 0.3 is 19.1 Å². The van der Waals surface area contributed by atoms with Gasteiger partial charge in [-0.2, -0.15) is 0 Å². The lowest BCUT2D eigenvalue weighted by molar-refractivity contribution is -0.275. The Labute approximate surface area is 658 Å². The molecular formula is C82H77F9N14O9S. The number of hydrogen-bond donors (Lipinski definition) is 5. The Balaban J connectivity index is 0.000000134. The molecule has 598 valence electrons. The second-order valence-electron chi connectivity index (χ2n) is 27.2. The molecule has 0 saturated carbocycles. The van der Waals surface area contributed by atoms with Gasteiger partial charge in [0, 0.05) is 132 Å². The number of likely N-dealkylation sites (tertiary alicyclic amines) is 1. The van der Waals surface area contributed by atoms with Crippen molar-refractivity contribution in [3.8, 4) is 23.0 Å². The molecule has 4 aromatic carbocycles. The summed E-state index contributed by atoms with van der Waals surface area (Å²) >= 11 is 1.38. The number of nitrogens with zero attached hydrogens (tertiary/aromatic N) is 9. The third kappa shape index (κ3) is 19.4. The van der Waals surface area contributed by atoms with Crippen LogP contribution >= 0.6 is 11.3 Å². The van der Waals surface area contributed by atoms with Gasteiger partial charge < -0.3 is 63.2 Å². The van der Waals surface area contributed by atoms with E-state index in [2.05, 4.69) is 75.7 Å². The number of benzene rings is 4. The van der Waals surface area contributed by atoms with E-state index >= 15 is 0 Å². The predicted molar refractivity (Wildman–Crippen MR) is 421 cm³/mol. The number of fused-ring (bicyclic) bond motifs is 4. The zero-order valence-corrected chi connectivity index (χ0v) is 63.0. The number of halogens is 9. The highest BCUT2D eigenvalue weighted by molar-refractivity contribution is 7.13. The zero-order chi connectivity index (χ0) is 81.6. The van der Waals surface area contributed by atoms with Crippen molar-refractivity contribution in [1.29, 1.82) is 0 Å². The van der Waals surface area contributed by atoms with Crippen molar-refractivity contribution < 1.29 is 82.4 Å². The molecule has 0 bridgehead atoms.